The Hall–Kier alpha value is -2.23. The molecule has 1 heterocycles. The predicted molar refractivity (Wildman–Crippen MR) is 76.7 cm³/mol. The number of aryl methyl sites for hydroxylation is 2. The molecule has 106 valence electrons. The second kappa shape index (κ2) is 6.28. The van der Waals surface area contributed by atoms with Gasteiger partial charge in [-0.2, -0.15) is 0 Å². The number of para-hydroxylation sites is 1. The van der Waals surface area contributed by atoms with Crippen LogP contribution < -0.4 is 10.1 Å². The van der Waals surface area contributed by atoms with Crippen molar-refractivity contribution in [3.63, 3.8) is 0 Å². The first-order chi connectivity index (χ1) is 9.58. The highest BCUT2D eigenvalue weighted by Crippen LogP contribution is 2.22. The maximum Gasteiger partial charge on any atom is 0.258 e. The lowest BCUT2D eigenvalue weighted by atomic mass is 10.1. The first kappa shape index (κ1) is 14.2. The van der Waals surface area contributed by atoms with Crippen LogP contribution in [-0.4, -0.2) is 12.5 Å². The summed E-state index contributed by atoms with van der Waals surface area (Å²) >= 11 is 0. The second-order valence-electron chi connectivity index (χ2n) is 4.81. The van der Waals surface area contributed by atoms with Crippen molar-refractivity contribution in [2.24, 2.45) is 0 Å². The number of carbonyl (C=O) groups is 1. The summed E-state index contributed by atoms with van der Waals surface area (Å²) in [6.45, 7) is 5.80. The highest BCUT2D eigenvalue weighted by Gasteiger charge is 2.13. The number of benzene rings is 1. The van der Waals surface area contributed by atoms with Crippen LogP contribution in [0.1, 0.15) is 29.9 Å². The third-order valence-electron chi connectivity index (χ3n) is 3.10. The standard InChI is InChI=1S/C16H19NO3/c1-11-6-4-7-12(2)16(11)20-10-15(18)17-13(3)14-8-5-9-19-14/h4-9,13H,10H2,1-3H3,(H,17,18). The summed E-state index contributed by atoms with van der Waals surface area (Å²) < 4.78 is 10.8. The molecule has 0 aliphatic carbocycles. The fraction of sp³-hybridized carbons (Fsp3) is 0.312. The molecule has 20 heavy (non-hydrogen) atoms. The average molecular weight is 273 g/mol. The highest BCUT2D eigenvalue weighted by molar-refractivity contribution is 5.78. The van der Waals surface area contributed by atoms with Gasteiger partial charge in [0.1, 0.15) is 11.5 Å². The molecule has 0 aliphatic heterocycles. The fourth-order valence-corrected chi connectivity index (χ4v) is 2.06. The topological polar surface area (TPSA) is 51.5 Å². The molecule has 1 aromatic heterocycles. The molecule has 0 aliphatic rings. The van der Waals surface area contributed by atoms with Crippen LogP contribution in [0.5, 0.6) is 5.75 Å². The Morgan fingerprint density at radius 3 is 2.55 bits per heavy atom. The third kappa shape index (κ3) is 3.41. The van der Waals surface area contributed by atoms with Crippen LogP contribution in [0.4, 0.5) is 0 Å². The van der Waals surface area contributed by atoms with Gasteiger partial charge in [0.25, 0.3) is 5.91 Å². The molecular weight excluding hydrogens is 254 g/mol. The van der Waals surface area contributed by atoms with Crippen molar-refractivity contribution in [3.8, 4) is 5.75 Å². The Morgan fingerprint density at radius 2 is 1.95 bits per heavy atom. The molecule has 2 aromatic rings. The number of hydrogen-bond acceptors (Lipinski definition) is 3. The van der Waals surface area contributed by atoms with Gasteiger partial charge in [0, 0.05) is 0 Å². The van der Waals surface area contributed by atoms with E-state index >= 15 is 0 Å². The van der Waals surface area contributed by atoms with Crippen LogP contribution >= 0.6 is 0 Å². The summed E-state index contributed by atoms with van der Waals surface area (Å²) in [4.78, 5) is 11.9. The second-order valence-corrected chi connectivity index (χ2v) is 4.81. The van der Waals surface area contributed by atoms with Crippen LogP contribution in [0.2, 0.25) is 0 Å². The van der Waals surface area contributed by atoms with E-state index in [-0.39, 0.29) is 18.6 Å². The minimum absolute atomic E-state index is 0.00323. The summed E-state index contributed by atoms with van der Waals surface area (Å²) in [5.41, 5.74) is 2.05. The summed E-state index contributed by atoms with van der Waals surface area (Å²) in [6, 6.07) is 9.36. The molecule has 4 heteroatoms. The third-order valence-corrected chi connectivity index (χ3v) is 3.10. The van der Waals surface area contributed by atoms with Crippen molar-refractivity contribution in [2.45, 2.75) is 26.8 Å². The zero-order valence-electron chi connectivity index (χ0n) is 12.0. The van der Waals surface area contributed by atoms with E-state index in [0.29, 0.717) is 0 Å². The smallest absolute Gasteiger partial charge is 0.258 e. The van der Waals surface area contributed by atoms with E-state index in [9.17, 15) is 4.79 Å². The first-order valence-electron chi connectivity index (χ1n) is 6.59. The number of carbonyl (C=O) groups excluding carboxylic acids is 1. The van der Waals surface area contributed by atoms with E-state index in [2.05, 4.69) is 5.32 Å². The maximum atomic E-state index is 11.9. The van der Waals surface area contributed by atoms with Crippen LogP contribution in [0.25, 0.3) is 0 Å². The molecule has 0 spiro atoms. The largest absolute Gasteiger partial charge is 0.483 e. The molecule has 0 bridgehead atoms. The van der Waals surface area contributed by atoms with E-state index in [1.54, 1.807) is 12.3 Å². The Bertz CT molecular complexity index is 555. The van der Waals surface area contributed by atoms with E-state index < -0.39 is 0 Å². The lowest BCUT2D eigenvalue weighted by Gasteiger charge is -2.14. The molecule has 1 atom stereocenters. The molecule has 0 saturated heterocycles. The van der Waals surface area contributed by atoms with Gasteiger partial charge in [-0.1, -0.05) is 18.2 Å². The summed E-state index contributed by atoms with van der Waals surface area (Å²) in [5, 5.41) is 2.83. The van der Waals surface area contributed by atoms with E-state index in [0.717, 1.165) is 22.6 Å². The number of hydrogen-bond donors (Lipinski definition) is 1. The average Bonchev–Trinajstić information content (AvgIpc) is 2.92. The van der Waals surface area contributed by atoms with Crippen molar-refractivity contribution in [2.75, 3.05) is 6.61 Å². The number of furan rings is 1. The van der Waals surface area contributed by atoms with Gasteiger partial charge >= 0.3 is 0 Å². The highest BCUT2D eigenvalue weighted by atomic mass is 16.5. The molecule has 1 N–H and O–H groups in total. The summed E-state index contributed by atoms with van der Waals surface area (Å²) in [5.74, 6) is 1.33. The maximum absolute atomic E-state index is 11.9. The monoisotopic (exact) mass is 273 g/mol. The molecule has 0 saturated carbocycles. The van der Waals surface area contributed by atoms with Crippen molar-refractivity contribution in [1.82, 2.24) is 5.32 Å². The molecule has 1 unspecified atom stereocenters. The zero-order chi connectivity index (χ0) is 14.5. The van der Waals surface area contributed by atoms with Crippen molar-refractivity contribution < 1.29 is 13.9 Å². The Labute approximate surface area is 118 Å². The molecule has 0 radical (unpaired) electrons. The van der Waals surface area contributed by atoms with Crippen LogP contribution in [0, 0.1) is 13.8 Å². The van der Waals surface area contributed by atoms with Gasteiger partial charge in [-0.3, -0.25) is 4.79 Å². The number of ether oxygens (including phenoxy) is 1. The minimum Gasteiger partial charge on any atom is -0.483 e. The Morgan fingerprint density at radius 1 is 1.25 bits per heavy atom. The zero-order valence-corrected chi connectivity index (χ0v) is 12.0. The molecule has 1 amide bonds. The van der Waals surface area contributed by atoms with Gasteiger partial charge < -0.3 is 14.5 Å². The summed E-state index contributed by atoms with van der Waals surface area (Å²) in [6.07, 6.45) is 1.59. The van der Waals surface area contributed by atoms with Crippen LogP contribution in [-0.2, 0) is 4.79 Å². The molecular formula is C16H19NO3. The quantitative estimate of drug-likeness (QED) is 0.910. The van der Waals surface area contributed by atoms with Gasteiger partial charge in [-0.15, -0.1) is 0 Å². The number of amides is 1. The SMILES string of the molecule is Cc1cccc(C)c1OCC(=O)NC(C)c1ccco1. The Kier molecular flexibility index (Phi) is 4.45. The molecule has 4 nitrogen and oxygen atoms in total. The molecule has 0 fully saturated rings. The van der Waals surface area contributed by atoms with Crippen LogP contribution in [0.3, 0.4) is 0 Å². The van der Waals surface area contributed by atoms with Crippen LogP contribution in [0.15, 0.2) is 41.0 Å². The predicted octanol–water partition coefficient (Wildman–Crippen LogP) is 3.15. The van der Waals surface area contributed by atoms with E-state index in [1.807, 2.05) is 45.0 Å². The molecule has 1 aromatic carbocycles. The van der Waals surface area contributed by atoms with Gasteiger partial charge in [0.2, 0.25) is 0 Å². The molecule has 2 rings (SSSR count). The normalized spacial score (nSPS) is 11.9. The lowest BCUT2D eigenvalue weighted by Crippen LogP contribution is -2.31. The van der Waals surface area contributed by atoms with E-state index in [1.165, 1.54) is 0 Å². The van der Waals surface area contributed by atoms with Gasteiger partial charge in [0.15, 0.2) is 6.61 Å². The van der Waals surface area contributed by atoms with Gasteiger partial charge in [-0.25, -0.2) is 0 Å². The van der Waals surface area contributed by atoms with Crippen molar-refractivity contribution >= 4 is 5.91 Å². The number of nitrogens with one attached hydrogen (secondary N) is 1. The van der Waals surface area contributed by atoms with Crippen molar-refractivity contribution in [3.05, 3.63) is 53.5 Å². The minimum atomic E-state index is -0.170. The van der Waals surface area contributed by atoms with Gasteiger partial charge in [0.05, 0.1) is 12.3 Å². The van der Waals surface area contributed by atoms with Crippen molar-refractivity contribution in [1.29, 1.82) is 0 Å². The fourth-order valence-electron chi connectivity index (χ4n) is 2.06. The summed E-state index contributed by atoms with van der Waals surface area (Å²) in [7, 11) is 0. The van der Waals surface area contributed by atoms with Gasteiger partial charge in [-0.05, 0) is 44.0 Å². The Balaban J connectivity index is 1.89. The first-order valence-corrected chi connectivity index (χ1v) is 6.59. The lowest BCUT2D eigenvalue weighted by molar-refractivity contribution is -0.123. The number of rotatable bonds is 5. The van der Waals surface area contributed by atoms with E-state index in [4.69, 9.17) is 9.15 Å².